The van der Waals surface area contributed by atoms with Crippen LogP contribution in [0.5, 0.6) is 0 Å². The van der Waals surface area contributed by atoms with E-state index in [0.29, 0.717) is 10.8 Å². The number of benzene rings is 2. The molecule has 0 N–H and O–H groups in total. The molecule has 0 amide bonds. The van der Waals surface area contributed by atoms with E-state index in [9.17, 15) is 0 Å². The first-order chi connectivity index (χ1) is 14.5. The Hall–Kier alpha value is -2.52. The molecule has 0 aliphatic heterocycles. The van der Waals surface area contributed by atoms with Crippen molar-refractivity contribution in [2.24, 2.45) is 10.8 Å². The molecule has 0 unspecified atom stereocenters. The van der Waals surface area contributed by atoms with Gasteiger partial charge in [0.15, 0.2) is 0 Å². The average Bonchev–Trinajstić information content (AvgIpc) is 2.68. The summed E-state index contributed by atoms with van der Waals surface area (Å²) in [5, 5.41) is 0. The van der Waals surface area contributed by atoms with Gasteiger partial charge in [0.1, 0.15) is 0 Å². The lowest BCUT2D eigenvalue weighted by Gasteiger charge is -2.49. The zero-order valence-electron chi connectivity index (χ0n) is 21.5. The van der Waals surface area contributed by atoms with Gasteiger partial charge < -0.3 is 0 Å². The van der Waals surface area contributed by atoms with Crippen molar-refractivity contribution in [1.82, 2.24) is 0 Å². The third-order valence-electron chi connectivity index (χ3n) is 4.70. The number of hydrogen-bond acceptors (Lipinski definition) is 0. The van der Waals surface area contributed by atoms with Crippen LogP contribution in [0.15, 0.2) is 73.3 Å². The third kappa shape index (κ3) is 14.2. The highest BCUT2D eigenvalue weighted by Gasteiger charge is 2.41. The zero-order chi connectivity index (χ0) is 23.9. The molecule has 0 saturated heterocycles. The van der Waals surface area contributed by atoms with Crippen molar-refractivity contribution in [3.05, 3.63) is 95.6 Å². The van der Waals surface area contributed by atoms with Crippen molar-refractivity contribution in [3.8, 4) is 11.8 Å². The lowest BCUT2D eigenvalue weighted by Crippen LogP contribution is -2.38. The molecule has 0 radical (unpaired) electrons. The van der Waals surface area contributed by atoms with Crippen LogP contribution in [0.25, 0.3) is 0 Å². The van der Waals surface area contributed by atoms with Gasteiger partial charge in [-0.1, -0.05) is 93.2 Å². The highest BCUT2D eigenvalue weighted by atomic mass is 14.5. The minimum atomic E-state index is 0.656. The molecule has 0 heteroatoms. The molecule has 0 bridgehead atoms. The van der Waals surface area contributed by atoms with Crippen molar-refractivity contribution >= 4 is 0 Å². The summed E-state index contributed by atoms with van der Waals surface area (Å²) in [7, 11) is 0. The minimum absolute atomic E-state index is 0.656. The molecule has 168 valence electrons. The first-order valence-corrected chi connectivity index (χ1v) is 11.3. The standard InChI is InChI=1S/C16H14.C8H16.C4H8.C3H6/c1-13-3-7-15(8-4-13)11-12-16-9-5-14(2)6-10-16;1-7(2)5-8(3,4)6-7;1-3-4-2;1-3-2/h3-10H,1-2H3;5-6H2,1-4H3;3-4H,1-2H3;3H,1H2,2H3/b;;4-3+;. The zero-order valence-corrected chi connectivity index (χ0v) is 21.5. The predicted octanol–water partition coefficient (Wildman–Crippen LogP) is 9.31. The Morgan fingerprint density at radius 1 is 0.645 bits per heavy atom. The van der Waals surface area contributed by atoms with Crippen LogP contribution in [0.1, 0.15) is 83.6 Å². The lowest BCUT2D eigenvalue weighted by atomic mass is 9.56. The minimum Gasteiger partial charge on any atom is -0.103 e. The predicted molar refractivity (Wildman–Crippen MR) is 141 cm³/mol. The topological polar surface area (TPSA) is 0 Å². The fraction of sp³-hybridized carbons (Fsp3) is 0.419. The van der Waals surface area contributed by atoms with E-state index in [1.54, 1.807) is 6.08 Å². The second-order valence-corrected chi connectivity index (χ2v) is 9.74. The summed E-state index contributed by atoms with van der Waals surface area (Å²) in [4.78, 5) is 0. The second kappa shape index (κ2) is 14.5. The van der Waals surface area contributed by atoms with Gasteiger partial charge in [-0.05, 0) is 82.6 Å². The number of hydrogen-bond donors (Lipinski definition) is 0. The van der Waals surface area contributed by atoms with Gasteiger partial charge in [0.25, 0.3) is 0 Å². The van der Waals surface area contributed by atoms with Crippen LogP contribution in [-0.2, 0) is 0 Å². The second-order valence-electron chi connectivity index (χ2n) is 9.74. The normalized spacial score (nSPS) is 14.6. The molecule has 3 rings (SSSR count). The molecule has 1 aliphatic carbocycles. The van der Waals surface area contributed by atoms with Crippen molar-refractivity contribution < 1.29 is 0 Å². The quantitative estimate of drug-likeness (QED) is 0.296. The summed E-state index contributed by atoms with van der Waals surface area (Å²) in [5.74, 6) is 6.32. The largest absolute Gasteiger partial charge is 0.103 e. The monoisotopic (exact) mass is 416 g/mol. The molecule has 0 aromatic heterocycles. The number of allylic oxidation sites excluding steroid dienone is 3. The molecule has 1 fully saturated rings. The fourth-order valence-corrected chi connectivity index (χ4v) is 3.96. The van der Waals surface area contributed by atoms with Crippen molar-refractivity contribution in [3.63, 3.8) is 0 Å². The summed E-state index contributed by atoms with van der Waals surface area (Å²) in [6.07, 6.45) is 8.56. The number of rotatable bonds is 0. The molecule has 0 heterocycles. The van der Waals surface area contributed by atoms with E-state index in [4.69, 9.17) is 0 Å². The molecular formula is C31H44. The SMILES string of the molecule is C/C=C/C.C=CC.CC1(C)CC(C)(C)C1.Cc1ccc(C#Cc2ccc(C)cc2)cc1. The summed E-state index contributed by atoms with van der Waals surface area (Å²) in [5.41, 5.74) is 5.96. The molecule has 0 nitrogen and oxygen atoms in total. The lowest BCUT2D eigenvalue weighted by molar-refractivity contribution is 0.0201. The van der Waals surface area contributed by atoms with Gasteiger partial charge in [-0.3, -0.25) is 0 Å². The van der Waals surface area contributed by atoms with Gasteiger partial charge in [0.05, 0.1) is 0 Å². The Balaban J connectivity index is 0.000000499. The summed E-state index contributed by atoms with van der Waals surface area (Å²) < 4.78 is 0. The van der Waals surface area contributed by atoms with Gasteiger partial charge in [-0.25, -0.2) is 0 Å². The van der Waals surface area contributed by atoms with Crippen LogP contribution in [0.4, 0.5) is 0 Å². The van der Waals surface area contributed by atoms with E-state index >= 15 is 0 Å². The Morgan fingerprint density at radius 3 is 1.06 bits per heavy atom. The van der Waals surface area contributed by atoms with Gasteiger partial charge in [0, 0.05) is 11.1 Å². The number of aryl methyl sites for hydroxylation is 2. The van der Waals surface area contributed by atoms with Crippen LogP contribution in [0.2, 0.25) is 0 Å². The van der Waals surface area contributed by atoms with Crippen molar-refractivity contribution in [1.29, 1.82) is 0 Å². The van der Waals surface area contributed by atoms with E-state index in [-0.39, 0.29) is 0 Å². The van der Waals surface area contributed by atoms with Crippen molar-refractivity contribution in [2.45, 2.75) is 75.2 Å². The first-order valence-electron chi connectivity index (χ1n) is 11.3. The van der Waals surface area contributed by atoms with Crippen LogP contribution in [-0.4, -0.2) is 0 Å². The van der Waals surface area contributed by atoms with Gasteiger partial charge >= 0.3 is 0 Å². The molecular weight excluding hydrogens is 372 g/mol. The van der Waals surface area contributed by atoms with Crippen LogP contribution >= 0.6 is 0 Å². The average molecular weight is 417 g/mol. The molecule has 31 heavy (non-hydrogen) atoms. The molecule has 0 spiro atoms. The van der Waals surface area contributed by atoms with Gasteiger partial charge in [0.2, 0.25) is 0 Å². The Bertz CT molecular complexity index is 756. The summed E-state index contributed by atoms with van der Waals surface area (Å²) >= 11 is 0. The maximum atomic E-state index is 3.36. The Kier molecular flexibility index (Phi) is 13.3. The maximum absolute atomic E-state index is 3.36. The molecule has 1 saturated carbocycles. The van der Waals surface area contributed by atoms with Crippen LogP contribution in [0, 0.1) is 36.5 Å². The Morgan fingerprint density at radius 2 is 0.903 bits per heavy atom. The summed E-state index contributed by atoms with van der Waals surface area (Å²) in [6, 6.07) is 16.5. The smallest absolute Gasteiger partial charge is 0.0249 e. The van der Waals surface area contributed by atoms with E-state index in [1.807, 2.05) is 32.9 Å². The van der Waals surface area contributed by atoms with Gasteiger partial charge in [-0.2, -0.15) is 0 Å². The first kappa shape index (κ1) is 28.5. The van der Waals surface area contributed by atoms with Crippen LogP contribution < -0.4 is 0 Å². The molecule has 0 atom stereocenters. The Labute approximate surface area is 193 Å². The molecule has 2 aromatic carbocycles. The highest BCUT2D eigenvalue weighted by molar-refractivity contribution is 5.43. The summed E-state index contributed by atoms with van der Waals surface area (Å²) in [6.45, 7) is 22.8. The van der Waals surface area contributed by atoms with E-state index < -0.39 is 0 Å². The van der Waals surface area contributed by atoms with E-state index in [0.717, 1.165) is 11.1 Å². The molecule has 1 aliphatic rings. The van der Waals surface area contributed by atoms with Gasteiger partial charge in [-0.15, -0.1) is 6.58 Å². The fourth-order valence-electron chi connectivity index (χ4n) is 3.96. The molecule has 2 aromatic rings. The highest BCUT2D eigenvalue weighted by Crippen LogP contribution is 2.53. The van der Waals surface area contributed by atoms with E-state index in [1.165, 1.54) is 24.0 Å². The van der Waals surface area contributed by atoms with Crippen molar-refractivity contribution in [2.75, 3.05) is 0 Å². The van der Waals surface area contributed by atoms with E-state index in [2.05, 4.69) is 108 Å². The maximum Gasteiger partial charge on any atom is 0.0249 e. The van der Waals surface area contributed by atoms with Crippen LogP contribution in [0.3, 0.4) is 0 Å². The third-order valence-corrected chi connectivity index (χ3v) is 4.70.